The van der Waals surface area contributed by atoms with Crippen molar-refractivity contribution in [3.8, 4) is 0 Å². The van der Waals surface area contributed by atoms with Gasteiger partial charge in [-0.25, -0.2) is 18.8 Å². The molecular weight excluding hydrogens is 469 g/mol. The number of aliphatic imine (C=N–C) groups is 1. The Morgan fingerprint density at radius 1 is 1.23 bits per heavy atom. The predicted octanol–water partition coefficient (Wildman–Crippen LogP) is 4.59. The van der Waals surface area contributed by atoms with Gasteiger partial charge < -0.3 is 10.6 Å². The van der Waals surface area contributed by atoms with Gasteiger partial charge in [-0.05, 0) is 25.1 Å². The van der Waals surface area contributed by atoms with Crippen molar-refractivity contribution in [2.45, 2.75) is 46.2 Å². The monoisotopic (exact) mass is 494 g/mol. The van der Waals surface area contributed by atoms with Crippen LogP contribution in [0.3, 0.4) is 0 Å². The Kier molecular flexibility index (Phi) is 8.88. The van der Waals surface area contributed by atoms with Gasteiger partial charge in [0.1, 0.15) is 11.6 Å². The number of aromatic nitrogens is 1. The summed E-state index contributed by atoms with van der Waals surface area (Å²) in [6.45, 7) is 9.57. The van der Waals surface area contributed by atoms with Crippen LogP contribution in [0.2, 0.25) is 0 Å². The fourth-order valence-corrected chi connectivity index (χ4v) is 2.98. The first kappa shape index (κ1) is 22.8. The van der Waals surface area contributed by atoms with Crippen LogP contribution >= 0.6 is 35.3 Å². The minimum Gasteiger partial charge on any atom is -0.357 e. The van der Waals surface area contributed by atoms with E-state index in [9.17, 15) is 8.78 Å². The zero-order valence-corrected chi connectivity index (χ0v) is 18.5. The molecule has 26 heavy (non-hydrogen) atoms. The van der Waals surface area contributed by atoms with Crippen LogP contribution in [0.5, 0.6) is 0 Å². The molecule has 2 aromatic rings. The van der Waals surface area contributed by atoms with Gasteiger partial charge >= 0.3 is 0 Å². The van der Waals surface area contributed by atoms with Crippen molar-refractivity contribution in [3.63, 3.8) is 0 Å². The van der Waals surface area contributed by atoms with Crippen LogP contribution in [-0.2, 0) is 18.5 Å². The zero-order valence-electron chi connectivity index (χ0n) is 15.4. The molecular formula is C18H25F2IN4S. The van der Waals surface area contributed by atoms with E-state index in [-0.39, 0.29) is 41.5 Å². The SMILES string of the molecule is CCNC(=NCc1cc(F)ccc1F)NCc1csc(C(C)(C)C)n1.I. The molecule has 0 aliphatic rings. The molecule has 0 atom stereocenters. The van der Waals surface area contributed by atoms with Crippen molar-refractivity contribution in [1.29, 1.82) is 0 Å². The molecule has 0 unspecified atom stereocenters. The van der Waals surface area contributed by atoms with Gasteiger partial charge in [-0.15, -0.1) is 35.3 Å². The van der Waals surface area contributed by atoms with E-state index >= 15 is 0 Å². The Labute approximate surface area is 174 Å². The Morgan fingerprint density at radius 3 is 2.58 bits per heavy atom. The first-order valence-electron chi connectivity index (χ1n) is 8.20. The molecule has 0 saturated heterocycles. The summed E-state index contributed by atoms with van der Waals surface area (Å²) in [5.41, 5.74) is 1.18. The molecule has 144 valence electrons. The lowest BCUT2D eigenvalue weighted by Gasteiger charge is -2.14. The number of thiazole rings is 1. The summed E-state index contributed by atoms with van der Waals surface area (Å²) in [7, 11) is 0. The molecule has 0 aliphatic heterocycles. The largest absolute Gasteiger partial charge is 0.357 e. The standard InChI is InChI=1S/C18H24F2N4S.HI/c1-5-21-17(22-9-12-8-13(19)6-7-15(12)20)23-10-14-11-25-16(24-14)18(2,3)4;/h6-8,11H,5,9-10H2,1-4H3,(H2,21,22,23);1H. The van der Waals surface area contributed by atoms with Crippen molar-refractivity contribution in [3.05, 3.63) is 51.5 Å². The maximum Gasteiger partial charge on any atom is 0.191 e. The third-order valence-electron chi connectivity index (χ3n) is 3.39. The van der Waals surface area contributed by atoms with E-state index in [0.717, 1.165) is 22.8 Å². The summed E-state index contributed by atoms with van der Waals surface area (Å²) in [6, 6.07) is 3.38. The van der Waals surface area contributed by atoms with Gasteiger partial charge in [0.15, 0.2) is 5.96 Å². The summed E-state index contributed by atoms with van der Waals surface area (Å²) in [5, 5.41) is 9.36. The van der Waals surface area contributed by atoms with Crippen molar-refractivity contribution < 1.29 is 8.78 Å². The van der Waals surface area contributed by atoms with Gasteiger partial charge in [0.25, 0.3) is 0 Å². The third kappa shape index (κ3) is 6.79. The molecule has 2 N–H and O–H groups in total. The number of guanidine groups is 1. The van der Waals surface area contributed by atoms with Crippen LogP contribution in [0.15, 0.2) is 28.6 Å². The molecule has 0 aliphatic carbocycles. The maximum atomic E-state index is 13.7. The Hall–Kier alpha value is -1.29. The topological polar surface area (TPSA) is 49.3 Å². The highest BCUT2D eigenvalue weighted by molar-refractivity contribution is 14.0. The Bertz CT molecular complexity index is 741. The highest BCUT2D eigenvalue weighted by atomic mass is 127. The van der Waals surface area contributed by atoms with Crippen molar-refractivity contribution in [2.24, 2.45) is 4.99 Å². The molecule has 0 radical (unpaired) electrons. The Morgan fingerprint density at radius 2 is 1.96 bits per heavy atom. The molecule has 0 amide bonds. The second-order valence-corrected chi connectivity index (χ2v) is 7.54. The minimum absolute atomic E-state index is 0. The quantitative estimate of drug-likeness (QED) is 0.363. The number of nitrogens with one attached hydrogen (secondary N) is 2. The summed E-state index contributed by atoms with van der Waals surface area (Å²) >= 11 is 1.63. The lowest BCUT2D eigenvalue weighted by molar-refractivity contribution is 0.582. The third-order valence-corrected chi connectivity index (χ3v) is 4.71. The first-order chi connectivity index (χ1) is 11.8. The molecule has 0 saturated carbocycles. The maximum absolute atomic E-state index is 13.7. The minimum atomic E-state index is -0.471. The molecule has 0 spiro atoms. The van der Waals surface area contributed by atoms with Crippen LogP contribution < -0.4 is 10.6 Å². The molecule has 0 fully saturated rings. The molecule has 1 aromatic heterocycles. The smallest absolute Gasteiger partial charge is 0.191 e. The van der Waals surface area contributed by atoms with Crippen LogP contribution in [-0.4, -0.2) is 17.5 Å². The molecule has 0 bridgehead atoms. The summed E-state index contributed by atoms with van der Waals surface area (Å²) in [5.74, 6) is -0.395. The lowest BCUT2D eigenvalue weighted by Crippen LogP contribution is -2.36. The normalized spacial score (nSPS) is 11.8. The van der Waals surface area contributed by atoms with Crippen molar-refractivity contribution in [1.82, 2.24) is 15.6 Å². The summed E-state index contributed by atoms with van der Waals surface area (Å²) in [4.78, 5) is 8.94. The molecule has 1 aromatic carbocycles. The highest BCUT2D eigenvalue weighted by Crippen LogP contribution is 2.25. The van der Waals surface area contributed by atoms with E-state index in [2.05, 4.69) is 41.4 Å². The van der Waals surface area contributed by atoms with Crippen LogP contribution in [0.4, 0.5) is 8.78 Å². The van der Waals surface area contributed by atoms with E-state index in [4.69, 9.17) is 0 Å². The average Bonchev–Trinajstić information content (AvgIpc) is 3.02. The fraction of sp³-hybridized carbons (Fsp3) is 0.444. The second kappa shape index (κ2) is 10.1. The Balaban J connectivity index is 0.00000338. The second-order valence-electron chi connectivity index (χ2n) is 6.68. The van der Waals surface area contributed by atoms with Crippen LogP contribution in [0.25, 0.3) is 0 Å². The summed E-state index contributed by atoms with van der Waals surface area (Å²) in [6.07, 6.45) is 0. The van der Waals surface area contributed by atoms with Gasteiger partial charge in [0.05, 0.1) is 23.8 Å². The van der Waals surface area contributed by atoms with Crippen molar-refractivity contribution in [2.75, 3.05) is 6.54 Å². The number of hydrogen-bond donors (Lipinski definition) is 2. The fourth-order valence-electron chi connectivity index (χ4n) is 2.08. The van der Waals surface area contributed by atoms with E-state index in [0.29, 0.717) is 19.0 Å². The molecule has 2 rings (SSSR count). The van der Waals surface area contributed by atoms with E-state index in [1.54, 1.807) is 11.3 Å². The van der Waals surface area contributed by atoms with Gasteiger partial charge in [-0.2, -0.15) is 0 Å². The number of nitrogens with zero attached hydrogens (tertiary/aromatic N) is 2. The first-order valence-corrected chi connectivity index (χ1v) is 9.08. The molecule has 4 nitrogen and oxygen atoms in total. The zero-order chi connectivity index (χ0) is 18.4. The van der Waals surface area contributed by atoms with Crippen LogP contribution in [0.1, 0.15) is 44.0 Å². The van der Waals surface area contributed by atoms with Crippen molar-refractivity contribution >= 4 is 41.3 Å². The number of rotatable bonds is 5. The van der Waals surface area contributed by atoms with Crippen LogP contribution in [0, 0.1) is 11.6 Å². The van der Waals surface area contributed by atoms with E-state index < -0.39 is 11.6 Å². The lowest BCUT2D eigenvalue weighted by atomic mass is 9.98. The average molecular weight is 494 g/mol. The van der Waals surface area contributed by atoms with Gasteiger partial charge in [-0.3, -0.25) is 0 Å². The summed E-state index contributed by atoms with van der Waals surface area (Å²) < 4.78 is 26.9. The van der Waals surface area contributed by atoms with Gasteiger partial charge in [-0.1, -0.05) is 20.8 Å². The van der Waals surface area contributed by atoms with E-state index in [1.807, 2.05) is 12.3 Å². The van der Waals surface area contributed by atoms with Gasteiger partial charge in [0, 0.05) is 22.9 Å². The number of halogens is 3. The van der Waals surface area contributed by atoms with Gasteiger partial charge in [0.2, 0.25) is 0 Å². The van der Waals surface area contributed by atoms with E-state index in [1.165, 1.54) is 6.07 Å². The highest BCUT2D eigenvalue weighted by Gasteiger charge is 2.17. The number of hydrogen-bond acceptors (Lipinski definition) is 3. The number of benzene rings is 1. The molecule has 8 heteroatoms. The molecule has 1 heterocycles. The predicted molar refractivity (Wildman–Crippen MR) is 114 cm³/mol.